The van der Waals surface area contributed by atoms with Crippen molar-refractivity contribution in [3.05, 3.63) is 0 Å². The fourth-order valence-electron chi connectivity index (χ4n) is 2.41. The van der Waals surface area contributed by atoms with Gasteiger partial charge in [0.2, 0.25) is 5.91 Å². The number of carboxylic acids is 1. The first-order valence-corrected chi connectivity index (χ1v) is 8.50. The van der Waals surface area contributed by atoms with Crippen LogP contribution in [0.25, 0.3) is 0 Å². The van der Waals surface area contributed by atoms with E-state index in [-0.39, 0.29) is 31.0 Å². The maximum absolute atomic E-state index is 12.4. The molecule has 0 aromatic heterocycles. The van der Waals surface area contributed by atoms with E-state index in [0.29, 0.717) is 6.42 Å². The van der Waals surface area contributed by atoms with Gasteiger partial charge in [0, 0.05) is 18.8 Å². The zero-order valence-corrected chi connectivity index (χ0v) is 15.3. The van der Waals surface area contributed by atoms with Crippen molar-refractivity contribution in [1.82, 2.24) is 5.32 Å². The summed E-state index contributed by atoms with van der Waals surface area (Å²) >= 11 is 0. The van der Waals surface area contributed by atoms with Gasteiger partial charge in [0.1, 0.15) is 6.04 Å². The lowest BCUT2D eigenvalue weighted by Gasteiger charge is -2.24. The van der Waals surface area contributed by atoms with Crippen LogP contribution in [0.1, 0.15) is 53.4 Å². The quantitative estimate of drug-likeness (QED) is 0.391. The van der Waals surface area contributed by atoms with Crippen molar-refractivity contribution >= 4 is 23.4 Å². The van der Waals surface area contributed by atoms with Crippen LogP contribution < -0.4 is 11.1 Å². The van der Waals surface area contributed by atoms with Gasteiger partial charge < -0.3 is 21.3 Å². The molecule has 5 atom stereocenters. The summed E-state index contributed by atoms with van der Waals surface area (Å²) in [5.41, 5.74) is 5.88. The van der Waals surface area contributed by atoms with Gasteiger partial charge in [-0.2, -0.15) is 0 Å². The third kappa shape index (κ3) is 8.22. The maximum atomic E-state index is 12.4. The molecule has 8 nitrogen and oxygen atoms in total. The van der Waals surface area contributed by atoms with Gasteiger partial charge in [-0.05, 0) is 26.2 Å². The molecule has 0 aliphatic rings. The monoisotopic (exact) mass is 358 g/mol. The number of nitrogens with two attached hydrogens (primary N) is 1. The number of aliphatic hydroxyl groups excluding tert-OH is 1. The number of nitrogens with one attached hydrogen (secondary N) is 1. The number of Topliss-reactive ketones (excluding diaryl/α,β-unsaturated/α-hetero) is 2. The molecule has 0 spiro atoms. The third-order valence-corrected chi connectivity index (χ3v) is 4.37. The van der Waals surface area contributed by atoms with Crippen molar-refractivity contribution in [1.29, 1.82) is 0 Å². The molecule has 0 aliphatic heterocycles. The molecule has 0 aliphatic carbocycles. The lowest BCUT2D eigenvalue weighted by Crippen LogP contribution is -2.49. The van der Waals surface area contributed by atoms with Gasteiger partial charge >= 0.3 is 5.97 Å². The molecule has 2 unspecified atom stereocenters. The predicted octanol–water partition coefficient (Wildman–Crippen LogP) is 0.255. The molecule has 0 saturated heterocycles. The van der Waals surface area contributed by atoms with E-state index in [2.05, 4.69) is 5.32 Å². The van der Waals surface area contributed by atoms with Crippen LogP contribution in [0.4, 0.5) is 0 Å². The number of aliphatic carboxylic acids is 1. The van der Waals surface area contributed by atoms with Crippen LogP contribution in [-0.2, 0) is 19.2 Å². The van der Waals surface area contributed by atoms with Crippen molar-refractivity contribution in [2.24, 2.45) is 17.6 Å². The summed E-state index contributed by atoms with van der Waals surface area (Å²) in [6.45, 7) is 6.32. The first-order chi connectivity index (χ1) is 11.5. The Morgan fingerprint density at radius 3 is 2.12 bits per heavy atom. The Morgan fingerprint density at radius 1 is 1.16 bits per heavy atom. The van der Waals surface area contributed by atoms with Crippen LogP contribution in [0.2, 0.25) is 0 Å². The minimum absolute atomic E-state index is 0.0510. The molecule has 0 saturated carbocycles. The van der Waals surface area contributed by atoms with Gasteiger partial charge in [-0.3, -0.25) is 19.2 Å². The van der Waals surface area contributed by atoms with Crippen molar-refractivity contribution in [3.8, 4) is 0 Å². The number of carbonyl (C=O) groups is 4. The van der Waals surface area contributed by atoms with Crippen LogP contribution in [0.3, 0.4) is 0 Å². The Balaban J connectivity index is 5.14. The van der Waals surface area contributed by atoms with Crippen LogP contribution in [0.15, 0.2) is 0 Å². The van der Waals surface area contributed by atoms with Crippen molar-refractivity contribution in [2.75, 3.05) is 0 Å². The van der Waals surface area contributed by atoms with Crippen LogP contribution in [0, 0.1) is 11.8 Å². The number of carboxylic acid groups (broad SMARTS) is 1. The van der Waals surface area contributed by atoms with Gasteiger partial charge in [0.25, 0.3) is 0 Å². The topological polar surface area (TPSA) is 147 Å². The SMILES string of the molecule is CCC(C)[C@H](N)C(=O)C[C@@H](CCC(=O)O)C(=O)N[C@H](C(C)=O)C(C)O. The highest BCUT2D eigenvalue weighted by atomic mass is 16.4. The number of carbonyl (C=O) groups excluding carboxylic acids is 3. The highest BCUT2D eigenvalue weighted by molar-refractivity contribution is 5.92. The van der Waals surface area contributed by atoms with E-state index in [1.165, 1.54) is 13.8 Å². The molecule has 1 amide bonds. The molecule has 0 aromatic rings. The van der Waals surface area contributed by atoms with E-state index < -0.39 is 41.8 Å². The molecule has 8 heteroatoms. The summed E-state index contributed by atoms with van der Waals surface area (Å²) in [6.07, 6.45) is -0.935. The molecule has 25 heavy (non-hydrogen) atoms. The number of ketones is 2. The average Bonchev–Trinajstić information content (AvgIpc) is 2.53. The second-order valence-electron chi connectivity index (χ2n) is 6.55. The molecule has 0 heterocycles. The molecule has 0 bridgehead atoms. The van der Waals surface area contributed by atoms with Crippen molar-refractivity contribution < 1.29 is 29.4 Å². The van der Waals surface area contributed by atoms with E-state index in [1.807, 2.05) is 13.8 Å². The van der Waals surface area contributed by atoms with E-state index >= 15 is 0 Å². The zero-order valence-electron chi connectivity index (χ0n) is 15.3. The summed E-state index contributed by atoms with van der Waals surface area (Å²) in [5.74, 6) is -3.45. The lowest BCUT2D eigenvalue weighted by atomic mass is 9.88. The van der Waals surface area contributed by atoms with E-state index in [1.54, 1.807) is 0 Å². The molecular formula is C17H30N2O6. The Kier molecular flexibility index (Phi) is 10.2. The molecule has 0 aromatic carbocycles. The number of hydrogen-bond acceptors (Lipinski definition) is 6. The van der Waals surface area contributed by atoms with Gasteiger partial charge in [-0.15, -0.1) is 0 Å². The molecule has 144 valence electrons. The Labute approximate surface area is 148 Å². The lowest BCUT2D eigenvalue weighted by molar-refractivity contribution is -0.139. The van der Waals surface area contributed by atoms with Gasteiger partial charge in [-0.1, -0.05) is 20.3 Å². The number of hydrogen-bond donors (Lipinski definition) is 4. The average molecular weight is 358 g/mol. The molecule has 0 fully saturated rings. The van der Waals surface area contributed by atoms with Gasteiger partial charge in [0.15, 0.2) is 11.6 Å². The largest absolute Gasteiger partial charge is 0.481 e. The number of amides is 1. The maximum Gasteiger partial charge on any atom is 0.303 e. The Morgan fingerprint density at radius 2 is 1.72 bits per heavy atom. The molecule has 5 N–H and O–H groups in total. The van der Waals surface area contributed by atoms with Crippen molar-refractivity contribution in [3.63, 3.8) is 0 Å². The highest BCUT2D eigenvalue weighted by Crippen LogP contribution is 2.17. The standard InChI is InChI=1S/C17H30N2O6/c1-5-9(2)15(18)13(22)8-12(6-7-14(23)24)17(25)19-16(10(3)20)11(4)21/h9-10,12,15-16,20H,5-8,18H2,1-4H3,(H,19,25)(H,23,24)/t9?,10?,12-,15+,16+/m1/s1. The van der Waals surface area contributed by atoms with E-state index in [9.17, 15) is 24.3 Å². The predicted molar refractivity (Wildman–Crippen MR) is 91.7 cm³/mol. The summed E-state index contributed by atoms with van der Waals surface area (Å²) in [5, 5.41) is 20.8. The minimum Gasteiger partial charge on any atom is -0.481 e. The number of aliphatic hydroxyl groups is 1. The normalized spacial score (nSPS) is 17.0. The Hall–Kier alpha value is -1.80. The molecular weight excluding hydrogens is 328 g/mol. The third-order valence-electron chi connectivity index (χ3n) is 4.37. The van der Waals surface area contributed by atoms with Crippen LogP contribution in [-0.4, -0.2) is 51.8 Å². The second-order valence-corrected chi connectivity index (χ2v) is 6.55. The minimum atomic E-state index is -1.10. The van der Waals surface area contributed by atoms with Crippen molar-refractivity contribution in [2.45, 2.75) is 71.6 Å². The second kappa shape index (κ2) is 10.9. The number of rotatable bonds is 12. The summed E-state index contributed by atoms with van der Waals surface area (Å²) in [6, 6.07) is -1.83. The van der Waals surface area contributed by atoms with Crippen LogP contribution in [0.5, 0.6) is 0 Å². The Bertz CT molecular complexity index is 492. The van der Waals surface area contributed by atoms with E-state index in [4.69, 9.17) is 10.8 Å². The van der Waals surface area contributed by atoms with Crippen LogP contribution >= 0.6 is 0 Å². The summed E-state index contributed by atoms with van der Waals surface area (Å²) in [4.78, 5) is 47.0. The van der Waals surface area contributed by atoms with Gasteiger partial charge in [0.05, 0.1) is 12.1 Å². The fourth-order valence-corrected chi connectivity index (χ4v) is 2.41. The molecule has 0 radical (unpaired) electrons. The van der Waals surface area contributed by atoms with Gasteiger partial charge in [-0.25, -0.2) is 0 Å². The van der Waals surface area contributed by atoms with E-state index in [0.717, 1.165) is 0 Å². The smallest absolute Gasteiger partial charge is 0.303 e. The summed E-state index contributed by atoms with van der Waals surface area (Å²) < 4.78 is 0. The fraction of sp³-hybridized carbons (Fsp3) is 0.765. The summed E-state index contributed by atoms with van der Waals surface area (Å²) in [7, 11) is 0. The highest BCUT2D eigenvalue weighted by Gasteiger charge is 2.30. The first-order valence-electron chi connectivity index (χ1n) is 8.50. The zero-order chi connectivity index (χ0) is 19.7. The first kappa shape index (κ1) is 23.2. The molecule has 0 rings (SSSR count).